The maximum atomic E-state index is 13.2. The van der Waals surface area contributed by atoms with E-state index in [2.05, 4.69) is 31.9 Å². The third-order valence-corrected chi connectivity index (χ3v) is 3.07. The molecular formula is C8H4Br2F4. The lowest BCUT2D eigenvalue weighted by atomic mass is 10.1. The molecule has 0 radical (unpaired) electrons. The van der Waals surface area contributed by atoms with Crippen molar-refractivity contribution in [3.63, 3.8) is 0 Å². The highest BCUT2D eigenvalue weighted by Gasteiger charge is 2.35. The second-order valence-corrected chi connectivity index (χ2v) is 3.89. The zero-order valence-electron chi connectivity index (χ0n) is 6.63. The number of hydrogen-bond acceptors (Lipinski definition) is 0. The van der Waals surface area contributed by atoms with Gasteiger partial charge in [0.15, 0.2) is 0 Å². The molecule has 14 heavy (non-hydrogen) atoms. The first-order chi connectivity index (χ1) is 6.38. The van der Waals surface area contributed by atoms with Crippen LogP contribution in [0.15, 0.2) is 16.6 Å². The number of halogens is 6. The predicted molar refractivity (Wildman–Crippen MR) is 51.7 cm³/mol. The van der Waals surface area contributed by atoms with Crippen molar-refractivity contribution >= 4 is 31.9 Å². The van der Waals surface area contributed by atoms with Gasteiger partial charge in [-0.25, -0.2) is 4.39 Å². The summed E-state index contributed by atoms with van der Waals surface area (Å²) in [5.74, 6) is -1.27. The fraction of sp³-hybridized carbons (Fsp3) is 0.250. The number of hydrogen-bond donors (Lipinski definition) is 0. The highest BCUT2D eigenvalue weighted by atomic mass is 79.9. The molecule has 0 saturated carbocycles. The lowest BCUT2D eigenvalue weighted by Crippen LogP contribution is -2.09. The number of alkyl halides is 4. The largest absolute Gasteiger partial charge is 0.419 e. The van der Waals surface area contributed by atoms with Gasteiger partial charge in [-0.1, -0.05) is 22.0 Å². The molecule has 0 atom stereocenters. The Morgan fingerprint density at radius 1 is 1.21 bits per heavy atom. The zero-order valence-corrected chi connectivity index (χ0v) is 9.80. The van der Waals surface area contributed by atoms with E-state index in [1.54, 1.807) is 0 Å². The van der Waals surface area contributed by atoms with Crippen molar-refractivity contribution < 1.29 is 17.6 Å². The van der Waals surface area contributed by atoms with Crippen LogP contribution in [-0.4, -0.2) is 0 Å². The van der Waals surface area contributed by atoms with E-state index < -0.39 is 17.6 Å². The smallest absolute Gasteiger partial charge is 0.205 e. The standard InChI is InChI=1S/C8H4Br2F4/c9-3-4-1-2-5(8(12,13)14)7(11)6(4)10/h1-2H,3H2. The van der Waals surface area contributed by atoms with Crippen LogP contribution in [-0.2, 0) is 11.5 Å². The molecule has 0 bridgehead atoms. The number of benzene rings is 1. The van der Waals surface area contributed by atoms with Crippen molar-refractivity contribution in [3.05, 3.63) is 33.5 Å². The van der Waals surface area contributed by atoms with E-state index in [9.17, 15) is 17.6 Å². The second kappa shape index (κ2) is 4.18. The van der Waals surface area contributed by atoms with Crippen LogP contribution in [0.5, 0.6) is 0 Å². The Hall–Kier alpha value is -0.100. The summed E-state index contributed by atoms with van der Waals surface area (Å²) in [6, 6.07) is 1.96. The lowest BCUT2D eigenvalue weighted by molar-refractivity contribution is -0.140. The Labute approximate surface area is 94.6 Å². The quantitative estimate of drug-likeness (QED) is 0.523. The van der Waals surface area contributed by atoms with Crippen molar-refractivity contribution in [2.75, 3.05) is 0 Å². The molecule has 1 aromatic carbocycles. The van der Waals surface area contributed by atoms with Crippen molar-refractivity contribution in [2.45, 2.75) is 11.5 Å². The van der Waals surface area contributed by atoms with E-state index in [0.717, 1.165) is 6.07 Å². The molecule has 0 fully saturated rings. The summed E-state index contributed by atoms with van der Waals surface area (Å²) < 4.78 is 49.6. The Kier molecular flexibility index (Phi) is 3.58. The molecule has 0 aliphatic rings. The molecule has 1 aromatic rings. The average Bonchev–Trinajstić information content (AvgIpc) is 2.07. The fourth-order valence-corrected chi connectivity index (χ4v) is 2.24. The summed E-state index contributed by atoms with van der Waals surface area (Å²) in [5, 5.41) is 0.294. The van der Waals surface area contributed by atoms with E-state index in [4.69, 9.17) is 0 Å². The van der Waals surface area contributed by atoms with Gasteiger partial charge in [-0.15, -0.1) is 0 Å². The van der Waals surface area contributed by atoms with E-state index in [1.165, 1.54) is 6.07 Å². The first-order valence-corrected chi connectivity index (χ1v) is 5.39. The SMILES string of the molecule is Fc1c(C(F)(F)F)ccc(CBr)c1Br. The minimum absolute atomic E-state index is 0.149. The molecule has 0 spiro atoms. The molecule has 0 aromatic heterocycles. The lowest BCUT2D eigenvalue weighted by Gasteiger charge is -2.10. The van der Waals surface area contributed by atoms with Gasteiger partial charge in [0.1, 0.15) is 5.82 Å². The van der Waals surface area contributed by atoms with E-state index in [-0.39, 0.29) is 4.47 Å². The van der Waals surface area contributed by atoms with E-state index >= 15 is 0 Å². The van der Waals surface area contributed by atoms with Gasteiger partial charge in [0.05, 0.1) is 10.0 Å². The minimum atomic E-state index is -4.66. The zero-order chi connectivity index (χ0) is 10.9. The van der Waals surface area contributed by atoms with Gasteiger partial charge in [-0.2, -0.15) is 13.2 Å². The maximum absolute atomic E-state index is 13.2. The summed E-state index contributed by atoms with van der Waals surface area (Å²) in [6.45, 7) is 0. The predicted octanol–water partition coefficient (Wildman–Crippen LogP) is 4.50. The van der Waals surface area contributed by atoms with Crippen LogP contribution >= 0.6 is 31.9 Å². The summed E-state index contributed by atoms with van der Waals surface area (Å²) in [7, 11) is 0. The van der Waals surface area contributed by atoms with Gasteiger partial charge in [-0.05, 0) is 27.6 Å². The fourth-order valence-electron chi connectivity index (χ4n) is 0.912. The normalized spacial score (nSPS) is 11.9. The summed E-state index contributed by atoms with van der Waals surface area (Å²) in [6.07, 6.45) is -4.66. The molecule has 0 aliphatic heterocycles. The van der Waals surface area contributed by atoms with Crippen LogP contribution in [0.2, 0.25) is 0 Å². The average molecular weight is 336 g/mol. The van der Waals surface area contributed by atoms with Crippen LogP contribution in [0.4, 0.5) is 17.6 Å². The molecule has 0 aliphatic carbocycles. The molecule has 0 amide bonds. The highest BCUT2D eigenvalue weighted by Crippen LogP contribution is 2.35. The van der Waals surface area contributed by atoms with Crippen LogP contribution in [0.1, 0.15) is 11.1 Å². The third kappa shape index (κ3) is 2.28. The van der Waals surface area contributed by atoms with Crippen molar-refractivity contribution in [2.24, 2.45) is 0 Å². The Bertz CT molecular complexity index is 346. The first-order valence-electron chi connectivity index (χ1n) is 3.48. The Morgan fingerprint density at radius 2 is 1.79 bits per heavy atom. The van der Waals surface area contributed by atoms with Gasteiger partial charge in [-0.3, -0.25) is 0 Å². The molecule has 0 unspecified atom stereocenters. The van der Waals surface area contributed by atoms with E-state index in [1.807, 2.05) is 0 Å². The summed E-state index contributed by atoms with van der Waals surface area (Å²) in [4.78, 5) is 0. The van der Waals surface area contributed by atoms with Crippen molar-refractivity contribution in [1.82, 2.24) is 0 Å². The second-order valence-electron chi connectivity index (χ2n) is 2.53. The van der Waals surface area contributed by atoms with Gasteiger partial charge in [0, 0.05) is 5.33 Å². The summed E-state index contributed by atoms with van der Waals surface area (Å²) in [5.41, 5.74) is -0.815. The summed E-state index contributed by atoms with van der Waals surface area (Å²) >= 11 is 5.82. The minimum Gasteiger partial charge on any atom is -0.205 e. The monoisotopic (exact) mass is 334 g/mol. The van der Waals surface area contributed by atoms with Gasteiger partial charge < -0.3 is 0 Å². The van der Waals surface area contributed by atoms with Crippen LogP contribution in [0.3, 0.4) is 0 Å². The Morgan fingerprint density at radius 3 is 2.21 bits per heavy atom. The molecule has 0 N–H and O–H groups in total. The van der Waals surface area contributed by atoms with Gasteiger partial charge in [0.2, 0.25) is 0 Å². The molecule has 6 heteroatoms. The first kappa shape index (κ1) is 12.0. The molecule has 0 saturated heterocycles. The molecule has 0 nitrogen and oxygen atoms in total. The highest BCUT2D eigenvalue weighted by molar-refractivity contribution is 9.10. The van der Waals surface area contributed by atoms with Crippen LogP contribution in [0, 0.1) is 5.82 Å². The topological polar surface area (TPSA) is 0 Å². The molecular weight excluding hydrogens is 332 g/mol. The van der Waals surface area contributed by atoms with Crippen molar-refractivity contribution in [1.29, 1.82) is 0 Å². The van der Waals surface area contributed by atoms with Crippen LogP contribution in [0.25, 0.3) is 0 Å². The molecule has 78 valence electrons. The third-order valence-electron chi connectivity index (χ3n) is 1.61. The number of rotatable bonds is 1. The Balaban J connectivity index is 3.31. The van der Waals surface area contributed by atoms with E-state index in [0.29, 0.717) is 10.9 Å². The molecule has 1 rings (SSSR count). The molecule has 0 heterocycles. The van der Waals surface area contributed by atoms with Gasteiger partial charge >= 0.3 is 6.18 Å². The maximum Gasteiger partial charge on any atom is 0.419 e. The van der Waals surface area contributed by atoms with Crippen LogP contribution < -0.4 is 0 Å². The van der Waals surface area contributed by atoms with Crippen molar-refractivity contribution in [3.8, 4) is 0 Å². The van der Waals surface area contributed by atoms with Gasteiger partial charge in [0.25, 0.3) is 0 Å².